The van der Waals surface area contributed by atoms with E-state index < -0.39 is 0 Å². The fourth-order valence-electron chi connectivity index (χ4n) is 1.83. The van der Waals surface area contributed by atoms with Gasteiger partial charge in [0, 0.05) is 19.8 Å². The van der Waals surface area contributed by atoms with Gasteiger partial charge in [0.15, 0.2) is 0 Å². The molecule has 1 heterocycles. The van der Waals surface area contributed by atoms with Gasteiger partial charge in [-0.3, -0.25) is 0 Å². The minimum absolute atomic E-state index is 0.978. The van der Waals surface area contributed by atoms with E-state index in [1.54, 1.807) is 0 Å². The van der Waals surface area contributed by atoms with E-state index in [1.165, 1.54) is 11.1 Å². The Morgan fingerprint density at radius 2 is 2.00 bits per heavy atom. The first kappa shape index (κ1) is 12.6. The second-order valence-corrected chi connectivity index (χ2v) is 4.45. The van der Waals surface area contributed by atoms with Crippen molar-refractivity contribution in [3.05, 3.63) is 59.8 Å². The van der Waals surface area contributed by atoms with Crippen LogP contribution < -0.4 is 4.90 Å². The molecule has 0 bridgehead atoms. The number of aryl methyl sites for hydroxylation is 2. The van der Waals surface area contributed by atoms with Crippen LogP contribution in [0.25, 0.3) is 0 Å². The van der Waals surface area contributed by atoms with E-state index in [0.717, 1.165) is 25.2 Å². The summed E-state index contributed by atoms with van der Waals surface area (Å²) in [4.78, 5) is 6.61. The molecule has 0 fully saturated rings. The topological polar surface area (TPSA) is 16.1 Å². The number of anilines is 1. The highest BCUT2D eigenvalue weighted by atomic mass is 15.1. The summed E-state index contributed by atoms with van der Waals surface area (Å²) in [6, 6.07) is 15.5. The summed E-state index contributed by atoms with van der Waals surface area (Å²) < 4.78 is 0. The van der Waals surface area contributed by atoms with Gasteiger partial charge in [0.2, 0.25) is 0 Å². The van der Waals surface area contributed by atoms with Crippen molar-refractivity contribution >= 4 is 5.82 Å². The highest BCUT2D eigenvalue weighted by Gasteiger charge is 2.00. The average molecular weight is 239 g/mol. The number of rotatable bonds is 5. The second-order valence-electron chi connectivity index (χ2n) is 4.45. The first-order valence-corrected chi connectivity index (χ1v) is 6.40. The van der Waals surface area contributed by atoms with Crippen LogP contribution >= 0.6 is 0 Å². The van der Waals surface area contributed by atoms with Crippen molar-refractivity contribution < 1.29 is 0 Å². The highest BCUT2D eigenvalue weighted by molar-refractivity contribution is 5.38. The molecule has 2 aromatic rings. The van der Waals surface area contributed by atoms with E-state index in [2.05, 4.69) is 48.1 Å². The number of pyridine rings is 1. The van der Waals surface area contributed by atoms with Gasteiger partial charge in [-0.2, -0.15) is 0 Å². The van der Waals surface area contributed by atoms with Crippen LogP contribution in [-0.2, 0) is 12.8 Å². The monoisotopic (exact) mass is 239 g/mol. The van der Waals surface area contributed by atoms with Crippen molar-refractivity contribution in [2.45, 2.75) is 19.8 Å². The molecule has 0 atom stereocenters. The first-order valence-electron chi connectivity index (χ1n) is 6.40. The van der Waals surface area contributed by atoms with Crippen LogP contribution in [0.3, 0.4) is 0 Å². The molecular formula is C16H19N2. The van der Waals surface area contributed by atoms with Crippen LogP contribution in [0.4, 0.5) is 5.82 Å². The van der Waals surface area contributed by atoms with Crippen LogP contribution in [0.15, 0.2) is 42.6 Å². The molecule has 2 rings (SSSR count). The van der Waals surface area contributed by atoms with Gasteiger partial charge in [0.05, 0.1) is 0 Å². The molecule has 1 aromatic carbocycles. The molecule has 0 aliphatic heterocycles. The zero-order valence-electron chi connectivity index (χ0n) is 11.1. The molecule has 1 radical (unpaired) electrons. The SMILES string of the molecule is CCN(C)c1ccc(CCc2c[c]ccc2)cn1. The van der Waals surface area contributed by atoms with Crippen molar-refractivity contribution in [2.24, 2.45) is 0 Å². The lowest BCUT2D eigenvalue weighted by molar-refractivity contribution is 0.916. The molecule has 0 unspecified atom stereocenters. The van der Waals surface area contributed by atoms with E-state index in [1.807, 2.05) is 24.4 Å². The number of hydrogen-bond donors (Lipinski definition) is 0. The van der Waals surface area contributed by atoms with Gasteiger partial charge in [-0.05, 0) is 43.0 Å². The maximum absolute atomic E-state index is 4.48. The largest absolute Gasteiger partial charge is 0.360 e. The van der Waals surface area contributed by atoms with Crippen molar-refractivity contribution in [1.82, 2.24) is 4.98 Å². The van der Waals surface area contributed by atoms with E-state index in [9.17, 15) is 0 Å². The first-order chi connectivity index (χ1) is 8.79. The molecule has 0 aliphatic rings. The molecule has 2 nitrogen and oxygen atoms in total. The lowest BCUT2D eigenvalue weighted by atomic mass is 10.1. The summed E-state index contributed by atoms with van der Waals surface area (Å²) >= 11 is 0. The van der Waals surface area contributed by atoms with Gasteiger partial charge in [-0.25, -0.2) is 4.98 Å². The third kappa shape index (κ3) is 3.33. The quantitative estimate of drug-likeness (QED) is 0.797. The molecule has 93 valence electrons. The smallest absolute Gasteiger partial charge is 0.128 e. The molecular weight excluding hydrogens is 220 g/mol. The predicted molar refractivity (Wildman–Crippen MR) is 75.9 cm³/mol. The molecule has 0 spiro atoms. The van der Waals surface area contributed by atoms with Crippen LogP contribution in [-0.4, -0.2) is 18.6 Å². The Hall–Kier alpha value is -1.83. The van der Waals surface area contributed by atoms with Gasteiger partial charge in [-0.15, -0.1) is 0 Å². The van der Waals surface area contributed by atoms with Crippen LogP contribution in [0.1, 0.15) is 18.1 Å². The van der Waals surface area contributed by atoms with Crippen molar-refractivity contribution in [3.63, 3.8) is 0 Å². The van der Waals surface area contributed by atoms with Crippen LogP contribution in [0.2, 0.25) is 0 Å². The lowest BCUT2D eigenvalue weighted by Gasteiger charge is -2.15. The normalized spacial score (nSPS) is 10.3. The third-order valence-corrected chi connectivity index (χ3v) is 3.15. The fraction of sp³-hybridized carbons (Fsp3) is 0.312. The molecule has 0 saturated carbocycles. The van der Waals surface area contributed by atoms with Crippen molar-refractivity contribution in [2.75, 3.05) is 18.5 Å². The zero-order valence-corrected chi connectivity index (χ0v) is 11.1. The summed E-state index contributed by atoms with van der Waals surface area (Å²) in [5.41, 5.74) is 2.61. The average Bonchev–Trinajstić information content (AvgIpc) is 2.46. The fourth-order valence-corrected chi connectivity index (χ4v) is 1.83. The van der Waals surface area contributed by atoms with Gasteiger partial charge in [0.1, 0.15) is 5.82 Å². The Morgan fingerprint density at radius 1 is 1.17 bits per heavy atom. The molecule has 0 aliphatic carbocycles. The number of nitrogens with zero attached hydrogens (tertiary/aromatic N) is 2. The van der Waals surface area contributed by atoms with Crippen molar-refractivity contribution in [3.8, 4) is 0 Å². The standard InChI is InChI=1S/C16H19N2/c1-3-18(2)16-12-11-15(13-17-16)10-9-14-7-5-4-6-8-14/h4-5,7-8,11-13H,3,9-10H2,1-2H3. The maximum Gasteiger partial charge on any atom is 0.128 e. The number of aromatic nitrogens is 1. The van der Waals surface area contributed by atoms with Gasteiger partial charge < -0.3 is 4.90 Å². The Balaban J connectivity index is 1.94. The van der Waals surface area contributed by atoms with E-state index in [4.69, 9.17) is 0 Å². The van der Waals surface area contributed by atoms with Crippen molar-refractivity contribution in [1.29, 1.82) is 0 Å². The van der Waals surface area contributed by atoms with Crippen LogP contribution in [0.5, 0.6) is 0 Å². The number of hydrogen-bond acceptors (Lipinski definition) is 2. The summed E-state index contributed by atoms with van der Waals surface area (Å²) in [5.74, 6) is 1.04. The van der Waals surface area contributed by atoms with Gasteiger partial charge >= 0.3 is 0 Å². The van der Waals surface area contributed by atoms with E-state index in [0.29, 0.717) is 0 Å². The third-order valence-electron chi connectivity index (χ3n) is 3.15. The summed E-state index contributed by atoms with van der Waals surface area (Å²) in [7, 11) is 2.06. The maximum atomic E-state index is 4.48. The van der Waals surface area contributed by atoms with E-state index in [-0.39, 0.29) is 0 Å². The zero-order chi connectivity index (χ0) is 12.8. The molecule has 0 saturated heterocycles. The summed E-state index contributed by atoms with van der Waals surface area (Å²) in [6.07, 6.45) is 4.05. The molecule has 1 aromatic heterocycles. The Labute approximate surface area is 109 Å². The molecule has 0 amide bonds. The summed E-state index contributed by atoms with van der Waals surface area (Å²) in [6.45, 7) is 3.10. The van der Waals surface area contributed by atoms with Gasteiger partial charge in [-0.1, -0.05) is 30.3 Å². The Bertz CT molecular complexity index is 462. The molecule has 0 N–H and O–H groups in total. The lowest BCUT2D eigenvalue weighted by Crippen LogP contribution is -2.16. The van der Waals surface area contributed by atoms with Gasteiger partial charge in [0.25, 0.3) is 0 Å². The Kier molecular flexibility index (Phi) is 4.35. The minimum atomic E-state index is 0.978. The molecule has 18 heavy (non-hydrogen) atoms. The highest BCUT2D eigenvalue weighted by Crippen LogP contribution is 2.11. The number of benzene rings is 1. The van der Waals surface area contributed by atoms with E-state index >= 15 is 0 Å². The predicted octanol–water partition coefficient (Wildman–Crippen LogP) is 3.12. The minimum Gasteiger partial charge on any atom is -0.360 e. The Morgan fingerprint density at radius 3 is 2.61 bits per heavy atom. The van der Waals surface area contributed by atoms with Crippen LogP contribution in [0, 0.1) is 6.07 Å². The molecule has 2 heteroatoms. The summed E-state index contributed by atoms with van der Waals surface area (Å²) in [5, 5.41) is 0. The second kappa shape index (κ2) is 6.20.